The van der Waals surface area contributed by atoms with Crippen molar-refractivity contribution >= 4 is 11.4 Å². The van der Waals surface area contributed by atoms with Gasteiger partial charge in [0.2, 0.25) is 0 Å². The van der Waals surface area contributed by atoms with Crippen LogP contribution in [-0.2, 0) is 0 Å². The van der Waals surface area contributed by atoms with Crippen molar-refractivity contribution in [3.63, 3.8) is 0 Å². The highest BCUT2D eigenvalue weighted by Gasteiger charge is 2.04. The molecule has 1 aromatic heterocycles. The normalized spacial score (nSPS) is 10.7. The molecule has 0 aromatic carbocycles. The van der Waals surface area contributed by atoms with E-state index in [4.69, 9.17) is 5.73 Å². The second kappa shape index (κ2) is 5.56. The fourth-order valence-electron chi connectivity index (χ4n) is 1.49. The molecule has 0 fully saturated rings. The lowest BCUT2D eigenvalue weighted by Crippen LogP contribution is -2.24. The Morgan fingerprint density at radius 3 is 2.60 bits per heavy atom. The van der Waals surface area contributed by atoms with Gasteiger partial charge in [0.1, 0.15) is 0 Å². The van der Waals surface area contributed by atoms with Gasteiger partial charge >= 0.3 is 0 Å². The molecular formula is C11H20N4. The van der Waals surface area contributed by atoms with Gasteiger partial charge in [-0.05, 0) is 33.1 Å². The third-order valence-electron chi connectivity index (χ3n) is 2.34. The third kappa shape index (κ3) is 3.75. The molecule has 1 heterocycles. The lowest BCUT2D eigenvalue weighted by atomic mass is 10.3. The summed E-state index contributed by atoms with van der Waals surface area (Å²) >= 11 is 0. The summed E-state index contributed by atoms with van der Waals surface area (Å²) in [6.45, 7) is 2.10. The Labute approximate surface area is 91.7 Å². The quantitative estimate of drug-likeness (QED) is 0.785. The molecule has 1 rings (SSSR count). The molecule has 0 amide bonds. The fourth-order valence-corrected chi connectivity index (χ4v) is 1.49. The summed E-state index contributed by atoms with van der Waals surface area (Å²) in [5, 5.41) is 0. The van der Waals surface area contributed by atoms with Crippen LogP contribution in [0.4, 0.5) is 11.4 Å². The largest absolute Gasteiger partial charge is 0.396 e. The van der Waals surface area contributed by atoms with Crippen LogP contribution in [0.15, 0.2) is 18.5 Å². The Morgan fingerprint density at radius 1 is 1.27 bits per heavy atom. The summed E-state index contributed by atoms with van der Waals surface area (Å²) in [5.41, 5.74) is 7.64. The van der Waals surface area contributed by atoms with E-state index >= 15 is 0 Å². The fraction of sp³-hybridized carbons (Fsp3) is 0.545. The van der Waals surface area contributed by atoms with Crippen molar-refractivity contribution in [3.8, 4) is 0 Å². The second-order valence-corrected chi connectivity index (χ2v) is 4.01. The van der Waals surface area contributed by atoms with Crippen molar-refractivity contribution in [2.45, 2.75) is 6.42 Å². The van der Waals surface area contributed by atoms with Crippen LogP contribution >= 0.6 is 0 Å². The highest BCUT2D eigenvalue weighted by Crippen LogP contribution is 2.19. The van der Waals surface area contributed by atoms with Gasteiger partial charge in [-0.3, -0.25) is 4.98 Å². The minimum atomic E-state index is 0.741. The highest BCUT2D eigenvalue weighted by molar-refractivity contribution is 5.65. The number of aromatic nitrogens is 1. The molecule has 1 aromatic rings. The van der Waals surface area contributed by atoms with Crippen LogP contribution in [0, 0.1) is 0 Å². The van der Waals surface area contributed by atoms with Gasteiger partial charge in [0.15, 0.2) is 0 Å². The first-order valence-corrected chi connectivity index (χ1v) is 5.16. The number of hydrogen-bond donors (Lipinski definition) is 1. The molecule has 0 saturated carbocycles. The number of nitrogens with zero attached hydrogens (tertiary/aromatic N) is 3. The molecule has 2 N–H and O–H groups in total. The lowest BCUT2D eigenvalue weighted by molar-refractivity contribution is 0.402. The van der Waals surface area contributed by atoms with Crippen molar-refractivity contribution in [3.05, 3.63) is 18.5 Å². The number of rotatable bonds is 5. The Hall–Kier alpha value is -1.29. The molecule has 0 atom stereocenters. The number of anilines is 2. The van der Waals surface area contributed by atoms with Crippen LogP contribution in [-0.4, -0.2) is 44.1 Å². The zero-order valence-corrected chi connectivity index (χ0v) is 9.77. The number of nitrogens with two attached hydrogens (primary N) is 1. The van der Waals surface area contributed by atoms with Crippen LogP contribution in [0.5, 0.6) is 0 Å². The van der Waals surface area contributed by atoms with E-state index in [1.807, 2.05) is 6.07 Å². The lowest BCUT2D eigenvalue weighted by Gasteiger charge is -2.21. The van der Waals surface area contributed by atoms with E-state index in [1.54, 1.807) is 12.4 Å². The van der Waals surface area contributed by atoms with Crippen molar-refractivity contribution in [1.29, 1.82) is 0 Å². The Morgan fingerprint density at radius 2 is 2.00 bits per heavy atom. The minimum Gasteiger partial charge on any atom is -0.396 e. The maximum atomic E-state index is 5.84. The highest BCUT2D eigenvalue weighted by atomic mass is 15.1. The standard InChI is InChI=1S/C11H20N4/c1-14(2)7-4-8-15(3)11-5-6-13-9-10(11)12/h5-6,9H,4,7-8,12H2,1-3H3. The van der Waals surface area contributed by atoms with Gasteiger partial charge in [-0.1, -0.05) is 0 Å². The van der Waals surface area contributed by atoms with Crippen LogP contribution in [0.1, 0.15) is 6.42 Å². The molecule has 0 aliphatic rings. The summed E-state index contributed by atoms with van der Waals surface area (Å²) < 4.78 is 0. The van der Waals surface area contributed by atoms with Gasteiger partial charge in [-0.15, -0.1) is 0 Å². The Bertz CT molecular complexity index is 298. The number of hydrogen-bond acceptors (Lipinski definition) is 4. The van der Waals surface area contributed by atoms with Crippen molar-refractivity contribution in [2.75, 3.05) is 44.9 Å². The molecule has 84 valence electrons. The van der Waals surface area contributed by atoms with E-state index in [2.05, 4.69) is 35.9 Å². The molecule has 15 heavy (non-hydrogen) atoms. The first kappa shape index (κ1) is 11.8. The summed E-state index contributed by atoms with van der Waals surface area (Å²) in [4.78, 5) is 8.33. The van der Waals surface area contributed by atoms with Gasteiger partial charge in [-0.25, -0.2) is 0 Å². The van der Waals surface area contributed by atoms with Crippen molar-refractivity contribution in [1.82, 2.24) is 9.88 Å². The molecule has 0 saturated heterocycles. The van der Waals surface area contributed by atoms with Crippen LogP contribution < -0.4 is 10.6 Å². The zero-order chi connectivity index (χ0) is 11.3. The summed E-state index contributed by atoms with van der Waals surface area (Å²) in [7, 11) is 6.23. The van der Waals surface area contributed by atoms with Crippen molar-refractivity contribution in [2.24, 2.45) is 0 Å². The van der Waals surface area contributed by atoms with E-state index in [0.717, 1.165) is 30.9 Å². The summed E-state index contributed by atoms with van der Waals surface area (Å²) in [5.74, 6) is 0. The van der Waals surface area contributed by atoms with Crippen LogP contribution in [0.25, 0.3) is 0 Å². The first-order chi connectivity index (χ1) is 7.11. The second-order valence-electron chi connectivity index (χ2n) is 4.01. The van der Waals surface area contributed by atoms with Crippen LogP contribution in [0.2, 0.25) is 0 Å². The predicted molar refractivity (Wildman–Crippen MR) is 65.1 cm³/mol. The predicted octanol–water partition coefficient (Wildman–Crippen LogP) is 1.05. The van der Waals surface area contributed by atoms with Gasteiger partial charge < -0.3 is 15.5 Å². The first-order valence-electron chi connectivity index (χ1n) is 5.16. The molecule has 0 unspecified atom stereocenters. The zero-order valence-electron chi connectivity index (χ0n) is 9.77. The molecule has 0 radical (unpaired) electrons. The molecule has 0 spiro atoms. The minimum absolute atomic E-state index is 0.741. The Kier molecular flexibility index (Phi) is 4.37. The Balaban J connectivity index is 2.47. The number of pyridine rings is 1. The monoisotopic (exact) mass is 208 g/mol. The van der Waals surface area contributed by atoms with Gasteiger partial charge in [0.25, 0.3) is 0 Å². The van der Waals surface area contributed by atoms with E-state index in [-0.39, 0.29) is 0 Å². The maximum absolute atomic E-state index is 5.84. The molecule has 4 nitrogen and oxygen atoms in total. The van der Waals surface area contributed by atoms with E-state index in [0.29, 0.717) is 0 Å². The molecular weight excluding hydrogens is 188 g/mol. The third-order valence-corrected chi connectivity index (χ3v) is 2.34. The van der Waals surface area contributed by atoms with Gasteiger partial charge in [0, 0.05) is 19.8 Å². The van der Waals surface area contributed by atoms with E-state index in [1.165, 1.54) is 0 Å². The van der Waals surface area contributed by atoms with Gasteiger partial charge in [0.05, 0.1) is 17.6 Å². The summed E-state index contributed by atoms with van der Waals surface area (Å²) in [6, 6.07) is 1.95. The average Bonchev–Trinajstić information content (AvgIpc) is 2.17. The van der Waals surface area contributed by atoms with Crippen molar-refractivity contribution < 1.29 is 0 Å². The van der Waals surface area contributed by atoms with Gasteiger partial charge in [-0.2, -0.15) is 0 Å². The van der Waals surface area contributed by atoms with E-state index in [9.17, 15) is 0 Å². The average molecular weight is 208 g/mol. The molecule has 0 aliphatic carbocycles. The summed E-state index contributed by atoms with van der Waals surface area (Å²) in [6.07, 6.45) is 4.59. The smallest absolute Gasteiger partial charge is 0.0738 e. The SMILES string of the molecule is CN(C)CCCN(C)c1ccncc1N. The molecule has 0 aliphatic heterocycles. The number of nitrogen functional groups attached to an aromatic ring is 1. The maximum Gasteiger partial charge on any atom is 0.0738 e. The van der Waals surface area contributed by atoms with E-state index < -0.39 is 0 Å². The topological polar surface area (TPSA) is 45.4 Å². The molecule has 0 bridgehead atoms. The van der Waals surface area contributed by atoms with Crippen LogP contribution in [0.3, 0.4) is 0 Å². The molecule has 4 heteroatoms.